The van der Waals surface area contributed by atoms with Crippen molar-refractivity contribution in [3.8, 4) is 16.9 Å². The highest BCUT2D eigenvalue weighted by molar-refractivity contribution is 6.40. The van der Waals surface area contributed by atoms with Crippen LogP contribution >= 0.6 is 23.2 Å². The minimum atomic E-state index is -0.598. The number of morpholine rings is 1. The third-order valence-electron chi connectivity index (χ3n) is 9.76. The van der Waals surface area contributed by atoms with E-state index in [2.05, 4.69) is 29.0 Å². The van der Waals surface area contributed by atoms with E-state index >= 15 is 4.39 Å². The number of nitrogens with one attached hydrogen (secondary N) is 1. The second kappa shape index (κ2) is 12.5. The zero-order chi connectivity index (χ0) is 33.0. The van der Waals surface area contributed by atoms with E-state index in [1.807, 2.05) is 6.07 Å². The summed E-state index contributed by atoms with van der Waals surface area (Å²) in [7, 11) is 1.29. The lowest BCUT2D eigenvalue weighted by atomic mass is 9.96. The molecule has 7 rings (SSSR count). The van der Waals surface area contributed by atoms with Gasteiger partial charge in [0.1, 0.15) is 11.6 Å². The van der Waals surface area contributed by atoms with Crippen LogP contribution in [0.1, 0.15) is 53.0 Å². The van der Waals surface area contributed by atoms with Gasteiger partial charge in [0.2, 0.25) is 0 Å². The van der Waals surface area contributed by atoms with Gasteiger partial charge in [0.15, 0.2) is 6.73 Å². The van der Waals surface area contributed by atoms with Crippen LogP contribution in [0.3, 0.4) is 0 Å². The number of amides is 1. The monoisotopic (exact) mass is 682 g/mol. The Kier molecular flexibility index (Phi) is 8.49. The average molecular weight is 684 g/mol. The van der Waals surface area contributed by atoms with Crippen molar-refractivity contribution in [1.82, 2.24) is 10.2 Å². The predicted octanol–water partition coefficient (Wildman–Crippen LogP) is 6.13. The molecule has 2 bridgehead atoms. The number of anilines is 2. The van der Waals surface area contributed by atoms with Crippen LogP contribution in [0.5, 0.6) is 5.75 Å². The molecule has 4 aliphatic rings. The zero-order valence-corrected chi connectivity index (χ0v) is 28.1. The fourth-order valence-electron chi connectivity index (χ4n) is 7.43. The van der Waals surface area contributed by atoms with E-state index in [0.717, 1.165) is 38.2 Å². The molecule has 3 fully saturated rings. The van der Waals surface area contributed by atoms with Crippen LogP contribution in [0.4, 0.5) is 15.8 Å². The first-order valence-electron chi connectivity index (χ1n) is 15.9. The van der Waals surface area contributed by atoms with E-state index in [4.69, 9.17) is 37.4 Å². The number of para-hydroxylation sites is 1. The van der Waals surface area contributed by atoms with Gasteiger partial charge in [0, 0.05) is 47.6 Å². The van der Waals surface area contributed by atoms with Gasteiger partial charge in [0.05, 0.1) is 65.8 Å². The number of hydrogen-bond acceptors (Lipinski definition) is 8. The maximum Gasteiger partial charge on any atom is 0.340 e. The molecule has 2 unspecified atom stereocenters. The molecule has 3 saturated heterocycles. The number of fused-ring (bicyclic) bond motifs is 3. The largest absolute Gasteiger partial charge is 0.472 e. The molecule has 3 aromatic rings. The molecule has 0 spiro atoms. The highest BCUT2D eigenvalue weighted by Gasteiger charge is 2.40. The second-order valence-corrected chi connectivity index (χ2v) is 14.0. The van der Waals surface area contributed by atoms with Crippen molar-refractivity contribution in [1.29, 1.82) is 0 Å². The molecule has 0 radical (unpaired) electrons. The average Bonchev–Trinajstić information content (AvgIpc) is 3.29. The maximum absolute atomic E-state index is 15.9. The van der Waals surface area contributed by atoms with Crippen molar-refractivity contribution < 1.29 is 28.2 Å². The van der Waals surface area contributed by atoms with Crippen LogP contribution in [0.15, 0.2) is 42.5 Å². The van der Waals surface area contributed by atoms with E-state index in [-0.39, 0.29) is 58.0 Å². The summed E-state index contributed by atoms with van der Waals surface area (Å²) in [5.41, 5.74) is 3.25. The molecule has 4 aliphatic heterocycles. The number of rotatable bonds is 5. The smallest absolute Gasteiger partial charge is 0.340 e. The molecule has 0 aliphatic carbocycles. The third kappa shape index (κ3) is 5.69. The molecule has 9 nitrogen and oxygen atoms in total. The molecule has 1 amide bonds. The number of methoxy groups -OCH3 is 1. The molecule has 1 N–H and O–H groups in total. The number of ether oxygens (including phenoxy) is 3. The third-order valence-corrected chi connectivity index (χ3v) is 10.4. The Bertz CT molecular complexity index is 1710. The topological polar surface area (TPSA) is 83.6 Å². The Hall–Kier alpha value is -3.57. The van der Waals surface area contributed by atoms with Gasteiger partial charge in [-0.25, -0.2) is 9.18 Å². The SMILES string of the molecule is COC(=O)c1cc(F)c(-c2cccc3c2OCN(C(=O)c2c(Cl)cc(N4CCNCC4(C)C)cc2Cl)C3)cc1N1C2CCC1COC2. The first-order valence-corrected chi connectivity index (χ1v) is 16.6. The molecule has 2 atom stereocenters. The van der Waals surface area contributed by atoms with E-state index in [1.54, 1.807) is 30.3 Å². The van der Waals surface area contributed by atoms with Crippen molar-refractivity contribution in [2.24, 2.45) is 0 Å². The number of hydrogen-bond donors (Lipinski definition) is 1. The zero-order valence-electron chi connectivity index (χ0n) is 26.6. The number of carbonyl (C=O) groups is 2. The predicted molar refractivity (Wildman–Crippen MR) is 179 cm³/mol. The van der Waals surface area contributed by atoms with Crippen molar-refractivity contribution in [2.75, 3.05) is 56.5 Å². The van der Waals surface area contributed by atoms with Gasteiger partial charge in [0.25, 0.3) is 5.91 Å². The Morgan fingerprint density at radius 2 is 1.77 bits per heavy atom. The number of carbonyl (C=O) groups excluding carboxylic acids is 2. The first kappa shape index (κ1) is 32.0. The second-order valence-electron chi connectivity index (χ2n) is 13.2. The summed E-state index contributed by atoms with van der Waals surface area (Å²) in [6, 6.07) is 12.2. The first-order chi connectivity index (χ1) is 22.6. The van der Waals surface area contributed by atoms with Crippen LogP contribution in [0, 0.1) is 5.82 Å². The Morgan fingerprint density at radius 3 is 2.45 bits per heavy atom. The molecular formula is C35H37Cl2FN4O5. The van der Waals surface area contributed by atoms with E-state index in [0.29, 0.717) is 41.3 Å². The van der Waals surface area contributed by atoms with Crippen LogP contribution in [0.25, 0.3) is 11.1 Å². The summed E-state index contributed by atoms with van der Waals surface area (Å²) in [6.45, 7) is 7.93. The summed E-state index contributed by atoms with van der Waals surface area (Å²) in [4.78, 5) is 32.6. The summed E-state index contributed by atoms with van der Waals surface area (Å²) in [6.07, 6.45) is 1.85. The molecule has 0 aromatic heterocycles. The molecule has 47 heavy (non-hydrogen) atoms. The van der Waals surface area contributed by atoms with Crippen molar-refractivity contribution >= 4 is 46.5 Å². The lowest BCUT2D eigenvalue weighted by Gasteiger charge is -2.44. The maximum atomic E-state index is 15.9. The van der Waals surface area contributed by atoms with E-state index < -0.39 is 11.8 Å². The van der Waals surface area contributed by atoms with Gasteiger partial charge in [-0.2, -0.15) is 0 Å². The van der Waals surface area contributed by atoms with Crippen LogP contribution < -0.4 is 19.9 Å². The molecule has 0 saturated carbocycles. The number of piperazine rings is 1. The van der Waals surface area contributed by atoms with Gasteiger partial charge >= 0.3 is 5.97 Å². The van der Waals surface area contributed by atoms with Gasteiger partial charge in [-0.1, -0.05) is 41.4 Å². The van der Waals surface area contributed by atoms with Crippen LogP contribution in [-0.2, 0) is 16.0 Å². The normalized spacial score (nSPS) is 21.7. The summed E-state index contributed by atoms with van der Waals surface area (Å²) >= 11 is 13.5. The fraction of sp³-hybridized carbons (Fsp3) is 0.429. The summed E-state index contributed by atoms with van der Waals surface area (Å²) in [5, 5.41) is 3.94. The molecule has 4 heterocycles. The van der Waals surface area contributed by atoms with Crippen LogP contribution in [-0.4, -0.2) is 81.1 Å². The van der Waals surface area contributed by atoms with E-state index in [9.17, 15) is 9.59 Å². The Labute approximate surface area is 283 Å². The summed E-state index contributed by atoms with van der Waals surface area (Å²) < 4.78 is 32.9. The molecule has 248 valence electrons. The lowest BCUT2D eigenvalue weighted by Crippen LogP contribution is -2.58. The van der Waals surface area contributed by atoms with Crippen LogP contribution in [0.2, 0.25) is 10.0 Å². The minimum Gasteiger partial charge on any atom is -0.472 e. The number of benzene rings is 3. The Morgan fingerprint density at radius 1 is 1.04 bits per heavy atom. The number of nitrogens with zero attached hydrogens (tertiary/aromatic N) is 3. The quantitative estimate of drug-likeness (QED) is 0.322. The van der Waals surface area contributed by atoms with Crippen molar-refractivity contribution in [2.45, 2.75) is 50.9 Å². The van der Waals surface area contributed by atoms with Crippen molar-refractivity contribution in [3.05, 3.63) is 75.0 Å². The van der Waals surface area contributed by atoms with Crippen molar-refractivity contribution in [3.63, 3.8) is 0 Å². The summed E-state index contributed by atoms with van der Waals surface area (Å²) in [5.74, 6) is -1.05. The van der Waals surface area contributed by atoms with E-state index in [1.165, 1.54) is 18.1 Å². The molecule has 12 heteroatoms. The Balaban J connectivity index is 1.19. The highest BCUT2D eigenvalue weighted by Crippen LogP contribution is 2.44. The molecular weight excluding hydrogens is 646 g/mol. The number of halogens is 3. The molecule has 3 aromatic carbocycles. The van der Waals surface area contributed by atoms with Gasteiger partial charge in [-0.15, -0.1) is 0 Å². The number of esters is 1. The fourth-order valence-corrected chi connectivity index (χ4v) is 8.07. The highest BCUT2D eigenvalue weighted by atomic mass is 35.5. The lowest BCUT2D eigenvalue weighted by molar-refractivity contribution is 0.0515. The minimum absolute atomic E-state index is 0.0790. The van der Waals surface area contributed by atoms with Gasteiger partial charge < -0.3 is 34.2 Å². The standard InChI is InChI=1S/C35H37Cl2FN4O5/c1-35(2)18-39-9-10-41(35)23-11-27(36)31(28(37)12-23)33(43)40-15-20-5-4-6-24(32(20)47-19-40)25-14-30(26(13-29(25)38)34(44)45-3)42-21-7-8-22(42)17-46-16-21/h4-6,11-14,21-22,39H,7-10,15-19H2,1-3H3. The van der Waals surface area contributed by atoms with Gasteiger partial charge in [-0.3, -0.25) is 4.79 Å². The van der Waals surface area contributed by atoms with Gasteiger partial charge in [-0.05, 0) is 51.0 Å².